The van der Waals surface area contributed by atoms with Crippen LogP contribution < -0.4 is 0 Å². The Balaban J connectivity index is 4.82. The molecule has 15 heavy (non-hydrogen) atoms. The van der Waals surface area contributed by atoms with Gasteiger partial charge in [-0.2, -0.15) is 0 Å². The molecule has 0 aliphatic rings. The minimum absolute atomic E-state index is 1.02. The van der Waals surface area contributed by atoms with Crippen LogP contribution in [0.25, 0.3) is 0 Å². The molecule has 0 spiro atoms. The Bertz CT molecular complexity index is 199. The van der Waals surface area contributed by atoms with Crippen molar-refractivity contribution >= 4 is 8.07 Å². The van der Waals surface area contributed by atoms with Gasteiger partial charge in [0, 0.05) is 0 Å². The minimum Gasteiger partial charge on any atom is -0.317 e. The van der Waals surface area contributed by atoms with Crippen LogP contribution in [-0.4, -0.2) is 38.4 Å². The summed E-state index contributed by atoms with van der Waals surface area (Å²) in [5, 5.41) is 0. The number of hydrogen-bond donors (Lipinski definition) is 0. The second-order valence-corrected chi connectivity index (χ2v) is 10.9. The fourth-order valence-electron chi connectivity index (χ4n) is 2.25. The molecule has 86 valence electrons. The average Bonchev–Trinajstić information content (AvgIpc) is 2.01. The standard InChI is InChI=1S/C13H26NSi/c1-7-10-14(11-8-2,12-9-3)13-15(4,5)6/h7-9H,1-3,10-13H2,4-6H3/q+1. The monoisotopic (exact) mass is 224 g/mol. The van der Waals surface area contributed by atoms with Crippen molar-refractivity contribution in [1.82, 2.24) is 0 Å². The Morgan fingerprint density at radius 1 is 0.867 bits per heavy atom. The molecule has 0 rings (SSSR count). The normalized spacial score (nSPS) is 12.2. The van der Waals surface area contributed by atoms with Gasteiger partial charge in [-0.1, -0.05) is 39.4 Å². The van der Waals surface area contributed by atoms with Crippen LogP contribution in [-0.2, 0) is 0 Å². The lowest BCUT2D eigenvalue weighted by molar-refractivity contribution is -0.902. The van der Waals surface area contributed by atoms with Gasteiger partial charge < -0.3 is 4.48 Å². The van der Waals surface area contributed by atoms with Crippen LogP contribution in [0.2, 0.25) is 19.6 Å². The number of hydrogen-bond acceptors (Lipinski definition) is 0. The zero-order chi connectivity index (χ0) is 11.9. The number of rotatable bonds is 8. The molecule has 2 heteroatoms. The summed E-state index contributed by atoms with van der Waals surface area (Å²) in [5.74, 6) is 0. The summed E-state index contributed by atoms with van der Waals surface area (Å²) in [6.07, 6.45) is 7.32. The van der Waals surface area contributed by atoms with Gasteiger partial charge >= 0.3 is 0 Å². The maximum Gasteiger partial charge on any atom is 0.110 e. The molecule has 0 aromatic carbocycles. The fourth-order valence-corrected chi connectivity index (χ4v) is 4.64. The molecule has 0 atom stereocenters. The van der Waals surface area contributed by atoms with Gasteiger partial charge in [0.15, 0.2) is 0 Å². The highest BCUT2D eigenvalue weighted by Crippen LogP contribution is 2.14. The van der Waals surface area contributed by atoms with Crippen LogP contribution in [0.5, 0.6) is 0 Å². The van der Waals surface area contributed by atoms with E-state index in [0.29, 0.717) is 0 Å². The van der Waals surface area contributed by atoms with Crippen molar-refractivity contribution in [2.45, 2.75) is 19.6 Å². The predicted molar refractivity (Wildman–Crippen MR) is 73.7 cm³/mol. The third-order valence-electron chi connectivity index (χ3n) is 2.36. The quantitative estimate of drug-likeness (QED) is 0.337. The van der Waals surface area contributed by atoms with Crippen LogP contribution in [0.3, 0.4) is 0 Å². The smallest absolute Gasteiger partial charge is 0.110 e. The van der Waals surface area contributed by atoms with Crippen LogP contribution in [0.15, 0.2) is 38.0 Å². The van der Waals surface area contributed by atoms with E-state index in [4.69, 9.17) is 0 Å². The number of quaternary nitrogens is 1. The Labute approximate surface area is 96.4 Å². The molecule has 1 nitrogen and oxygen atoms in total. The van der Waals surface area contributed by atoms with Gasteiger partial charge in [-0.25, -0.2) is 0 Å². The average molecular weight is 224 g/mol. The van der Waals surface area contributed by atoms with Gasteiger partial charge in [-0.3, -0.25) is 0 Å². The van der Waals surface area contributed by atoms with Crippen molar-refractivity contribution < 1.29 is 4.48 Å². The Morgan fingerprint density at radius 2 is 1.20 bits per heavy atom. The highest BCUT2D eigenvalue weighted by molar-refractivity contribution is 6.76. The first-order chi connectivity index (χ1) is 6.89. The Morgan fingerprint density at radius 3 is 1.40 bits per heavy atom. The van der Waals surface area contributed by atoms with E-state index in [9.17, 15) is 0 Å². The van der Waals surface area contributed by atoms with Gasteiger partial charge in [0.2, 0.25) is 0 Å². The van der Waals surface area contributed by atoms with Crippen molar-refractivity contribution in [2.75, 3.05) is 25.8 Å². The van der Waals surface area contributed by atoms with E-state index in [1.165, 1.54) is 6.17 Å². The number of nitrogens with zero attached hydrogens (tertiary/aromatic N) is 1. The molecule has 0 aliphatic carbocycles. The molecule has 0 amide bonds. The molecule has 0 unspecified atom stereocenters. The van der Waals surface area contributed by atoms with Crippen LogP contribution in [0.4, 0.5) is 0 Å². The van der Waals surface area contributed by atoms with E-state index >= 15 is 0 Å². The van der Waals surface area contributed by atoms with E-state index in [-0.39, 0.29) is 0 Å². The molecule has 0 saturated heterocycles. The minimum atomic E-state index is -1.08. The molecule has 0 N–H and O–H groups in total. The van der Waals surface area contributed by atoms with Gasteiger partial charge in [0.1, 0.15) is 8.07 Å². The van der Waals surface area contributed by atoms with Gasteiger partial charge in [-0.05, 0) is 18.2 Å². The zero-order valence-electron chi connectivity index (χ0n) is 10.6. The summed E-state index contributed by atoms with van der Waals surface area (Å²) >= 11 is 0. The molecule has 0 bridgehead atoms. The summed E-state index contributed by atoms with van der Waals surface area (Å²) in [6, 6.07) is 0. The van der Waals surface area contributed by atoms with Crippen LogP contribution in [0, 0.1) is 0 Å². The first kappa shape index (κ1) is 14.4. The third-order valence-corrected chi connectivity index (χ3v) is 3.98. The molecule has 0 aromatic heterocycles. The van der Waals surface area contributed by atoms with Gasteiger partial charge in [0.25, 0.3) is 0 Å². The first-order valence-corrected chi connectivity index (χ1v) is 9.28. The van der Waals surface area contributed by atoms with Gasteiger partial charge in [-0.15, -0.1) is 0 Å². The lowest BCUT2D eigenvalue weighted by atomic mass is 10.3. The molecule has 0 aromatic rings. The molecule has 0 saturated carbocycles. The van der Waals surface area contributed by atoms with E-state index in [1.807, 2.05) is 18.2 Å². The molecule has 0 heterocycles. The first-order valence-electron chi connectivity index (χ1n) is 5.57. The van der Waals surface area contributed by atoms with Crippen molar-refractivity contribution in [2.24, 2.45) is 0 Å². The predicted octanol–water partition coefficient (Wildman–Crippen LogP) is 3.24. The largest absolute Gasteiger partial charge is 0.317 e. The lowest BCUT2D eigenvalue weighted by Gasteiger charge is -2.40. The summed E-state index contributed by atoms with van der Waals surface area (Å²) in [7, 11) is -1.08. The molecular formula is C13H26NSi+. The Kier molecular flexibility index (Phi) is 5.84. The Hall–Kier alpha value is -0.603. The molecular weight excluding hydrogens is 198 g/mol. The molecule has 0 fully saturated rings. The van der Waals surface area contributed by atoms with Crippen molar-refractivity contribution in [3.8, 4) is 0 Å². The van der Waals surface area contributed by atoms with Gasteiger partial charge in [0.05, 0.1) is 25.8 Å². The lowest BCUT2D eigenvalue weighted by Crippen LogP contribution is -2.56. The van der Waals surface area contributed by atoms with Crippen molar-refractivity contribution in [1.29, 1.82) is 0 Å². The van der Waals surface area contributed by atoms with Crippen LogP contribution >= 0.6 is 0 Å². The second kappa shape index (κ2) is 6.08. The summed E-state index contributed by atoms with van der Waals surface area (Å²) in [6.45, 7) is 21.9. The highest BCUT2D eigenvalue weighted by atomic mass is 28.3. The van der Waals surface area contributed by atoms with E-state index in [0.717, 1.165) is 24.1 Å². The second-order valence-electron chi connectivity index (χ2n) is 5.47. The van der Waals surface area contributed by atoms with E-state index < -0.39 is 8.07 Å². The van der Waals surface area contributed by atoms with Crippen molar-refractivity contribution in [3.05, 3.63) is 38.0 Å². The summed E-state index contributed by atoms with van der Waals surface area (Å²) in [4.78, 5) is 0. The SMILES string of the molecule is C=CC[N+](CC=C)(CC=C)C[Si](C)(C)C. The fraction of sp³-hybridized carbons (Fsp3) is 0.538. The summed E-state index contributed by atoms with van der Waals surface area (Å²) in [5.41, 5.74) is 0. The molecule has 0 aliphatic heterocycles. The van der Waals surface area contributed by atoms with E-state index in [1.54, 1.807) is 0 Å². The third kappa shape index (κ3) is 5.75. The topological polar surface area (TPSA) is 0 Å². The highest BCUT2D eigenvalue weighted by Gasteiger charge is 2.30. The molecule has 0 radical (unpaired) electrons. The maximum atomic E-state index is 3.87. The van der Waals surface area contributed by atoms with E-state index in [2.05, 4.69) is 39.4 Å². The van der Waals surface area contributed by atoms with Crippen molar-refractivity contribution in [3.63, 3.8) is 0 Å². The van der Waals surface area contributed by atoms with Crippen LogP contribution in [0.1, 0.15) is 0 Å². The maximum absolute atomic E-state index is 3.87. The zero-order valence-corrected chi connectivity index (χ0v) is 11.6. The summed E-state index contributed by atoms with van der Waals surface area (Å²) < 4.78 is 1.05.